The molecule has 9 nitrogen and oxygen atoms in total. The Hall–Kier alpha value is -5.32. The monoisotopic (exact) mass is 663 g/mol. The number of nitrogens with zero attached hydrogens (tertiary/aromatic N) is 2. The van der Waals surface area contributed by atoms with Gasteiger partial charge in [0.25, 0.3) is 16.0 Å². The van der Waals surface area contributed by atoms with Gasteiger partial charge in [-0.05, 0) is 92.9 Å². The molecule has 48 heavy (non-hydrogen) atoms. The number of aryl methyl sites for hydroxylation is 1. The summed E-state index contributed by atoms with van der Waals surface area (Å²) < 4.78 is 39.4. The molecule has 0 aliphatic heterocycles. The molecule has 0 spiro atoms. The molecule has 0 fully saturated rings. The zero-order chi connectivity index (χ0) is 34.5. The zero-order valence-corrected chi connectivity index (χ0v) is 28.0. The van der Waals surface area contributed by atoms with Gasteiger partial charge < -0.3 is 10.1 Å². The van der Waals surface area contributed by atoms with E-state index in [4.69, 9.17) is 4.74 Å². The summed E-state index contributed by atoms with van der Waals surface area (Å²) in [5.74, 6) is -0.325. The van der Waals surface area contributed by atoms with Crippen LogP contribution in [0.5, 0.6) is 0 Å². The fourth-order valence-corrected chi connectivity index (χ4v) is 5.89. The van der Waals surface area contributed by atoms with Crippen LogP contribution in [-0.4, -0.2) is 42.1 Å². The van der Waals surface area contributed by atoms with Crippen molar-refractivity contribution in [3.8, 4) is 22.3 Å². The van der Waals surface area contributed by atoms with E-state index < -0.39 is 21.8 Å². The molecular formula is C38H37N3O6S. The van der Waals surface area contributed by atoms with Crippen molar-refractivity contribution in [2.24, 2.45) is 0 Å². The highest BCUT2D eigenvalue weighted by Gasteiger charge is 2.24. The van der Waals surface area contributed by atoms with Gasteiger partial charge in [0.05, 0.1) is 0 Å². The van der Waals surface area contributed by atoms with E-state index in [0.717, 1.165) is 16.8 Å². The molecule has 0 aliphatic rings. The third-order valence-corrected chi connectivity index (χ3v) is 8.37. The van der Waals surface area contributed by atoms with Crippen LogP contribution < -0.4 is 10.2 Å². The van der Waals surface area contributed by atoms with Crippen molar-refractivity contribution in [1.29, 1.82) is 0 Å². The Labute approximate surface area is 281 Å². The van der Waals surface area contributed by atoms with E-state index in [-0.39, 0.29) is 10.8 Å². The predicted octanol–water partition coefficient (Wildman–Crippen LogP) is 8.21. The van der Waals surface area contributed by atoms with E-state index in [1.165, 1.54) is 6.07 Å². The highest BCUT2D eigenvalue weighted by molar-refractivity contribution is 7.86. The molecule has 0 atom stereocenters. The van der Waals surface area contributed by atoms with Gasteiger partial charge in [0.15, 0.2) is 0 Å². The first-order chi connectivity index (χ1) is 22.8. The Morgan fingerprint density at radius 1 is 0.833 bits per heavy atom. The van der Waals surface area contributed by atoms with Crippen LogP contribution in [0.25, 0.3) is 22.3 Å². The SMILES string of the molecule is Cc1ccc(S(=O)(=O)O)c(-c2ccc(-c3ccccc3C(=O)Nc3ccc(N(CCc4ccccn4)C(=O)OC(C)(C)C)cc3)cc2)c1. The molecule has 0 unspecified atom stereocenters. The standard InChI is InChI=1S/C38H37N3O6S/c1-26-12-21-35(48(44,45)46)34(25-26)28-15-13-27(14-16-28)32-10-5-6-11-33(32)36(42)40-30-17-19-31(20-18-30)41(37(43)47-38(2,3)4)24-22-29-9-7-8-23-39-29/h5-21,23,25H,22,24H2,1-4H3,(H,40,42)(H,44,45,46). The number of pyridine rings is 1. The summed E-state index contributed by atoms with van der Waals surface area (Å²) in [7, 11) is -4.42. The van der Waals surface area contributed by atoms with Crippen molar-refractivity contribution in [3.63, 3.8) is 0 Å². The number of ether oxygens (including phenoxy) is 1. The highest BCUT2D eigenvalue weighted by atomic mass is 32.2. The van der Waals surface area contributed by atoms with E-state index in [1.807, 2.05) is 70.2 Å². The summed E-state index contributed by atoms with van der Waals surface area (Å²) in [5, 5.41) is 2.95. The third-order valence-electron chi connectivity index (χ3n) is 7.46. The minimum atomic E-state index is -4.42. The number of anilines is 2. The van der Waals surface area contributed by atoms with Gasteiger partial charge in [-0.1, -0.05) is 66.2 Å². The summed E-state index contributed by atoms with van der Waals surface area (Å²) in [6.45, 7) is 7.64. The lowest BCUT2D eigenvalue weighted by atomic mass is 9.96. The largest absolute Gasteiger partial charge is 0.443 e. The molecule has 0 saturated carbocycles. The number of aromatic nitrogens is 1. The van der Waals surface area contributed by atoms with Crippen LogP contribution in [0.2, 0.25) is 0 Å². The van der Waals surface area contributed by atoms with E-state index >= 15 is 0 Å². The summed E-state index contributed by atoms with van der Waals surface area (Å²) in [6.07, 6.45) is 1.76. The average molecular weight is 664 g/mol. The van der Waals surface area contributed by atoms with Gasteiger partial charge in [0.2, 0.25) is 0 Å². The topological polar surface area (TPSA) is 126 Å². The van der Waals surface area contributed by atoms with Gasteiger partial charge in [0.1, 0.15) is 10.5 Å². The van der Waals surface area contributed by atoms with Crippen LogP contribution >= 0.6 is 0 Å². The van der Waals surface area contributed by atoms with Crippen molar-refractivity contribution in [1.82, 2.24) is 4.98 Å². The van der Waals surface area contributed by atoms with Gasteiger partial charge in [-0.25, -0.2) is 4.79 Å². The molecule has 2 amide bonds. The van der Waals surface area contributed by atoms with Crippen LogP contribution in [0.15, 0.2) is 120 Å². The Balaban J connectivity index is 1.35. The van der Waals surface area contributed by atoms with Crippen LogP contribution in [-0.2, 0) is 21.3 Å². The van der Waals surface area contributed by atoms with Crippen LogP contribution in [0, 0.1) is 6.92 Å². The second-order valence-corrected chi connectivity index (χ2v) is 13.7. The summed E-state index contributed by atoms with van der Waals surface area (Å²) in [4.78, 5) is 32.4. The number of rotatable bonds is 9. The highest BCUT2D eigenvalue weighted by Crippen LogP contribution is 2.32. The molecule has 0 aliphatic carbocycles. The van der Waals surface area contributed by atoms with Crippen molar-refractivity contribution in [2.75, 3.05) is 16.8 Å². The first-order valence-electron chi connectivity index (χ1n) is 15.4. The quantitative estimate of drug-likeness (QED) is 0.152. The van der Waals surface area contributed by atoms with Gasteiger partial charge in [0, 0.05) is 47.4 Å². The van der Waals surface area contributed by atoms with Gasteiger partial charge in [-0.15, -0.1) is 0 Å². The smallest absolute Gasteiger partial charge is 0.414 e. The van der Waals surface area contributed by atoms with Crippen LogP contribution in [0.1, 0.15) is 42.4 Å². The predicted molar refractivity (Wildman–Crippen MR) is 188 cm³/mol. The number of benzene rings is 4. The Bertz CT molecular complexity index is 2020. The zero-order valence-electron chi connectivity index (χ0n) is 27.2. The maximum absolute atomic E-state index is 13.5. The molecule has 4 aromatic carbocycles. The van der Waals surface area contributed by atoms with E-state index in [1.54, 1.807) is 71.8 Å². The normalized spacial score (nSPS) is 11.5. The Morgan fingerprint density at radius 3 is 2.10 bits per heavy atom. The molecule has 5 aromatic rings. The molecule has 0 saturated heterocycles. The second-order valence-electron chi connectivity index (χ2n) is 12.3. The summed E-state index contributed by atoms with van der Waals surface area (Å²) in [6, 6.07) is 31.7. The van der Waals surface area contributed by atoms with E-state index in [0.29, 0.717) is 46.6 Å². The summed E-state index contributed by atoms with van der Waals surface area (Å²) >= 11 is 0. The minimum absolute atomic E-state index is 0.172. The lowest BCUT2D eigenvalue weighted by Crippen LogP contribution is -2.38. The molecule has 246 valence electrons. The van der Waals surface area contributed by atoms with Crippen LogP contribution in [0.3, 0.4) is 0 Å². The fourth-order valence-electron chi connectivity index (χ4n) is 5.19. The number of hydrogen-bond acceptors (Lipinski definition) is 6. The molecule has 10 heteroatoms. The molecule has 1 aromatic heterocycles. The third kappa shape index (κ3) is 8.52. The lowest BCUT2D eigenvalue weighted by Gasteiger charge is -2.27. The number of hydrogen-bond donors (Lipinski definition) is 2. The van der Waals surface area contributed by atoms with Crippen molar-refractivity contribution >= 4 is 33.5 Å². The van der Waals surface area contributed by atoms with Gasteiger partial charge >= 0.3 is 6.09 Å². The maximum atomic E-state index is 13.5. The van der Waals surface area contributed by atoms with Crippen LogP contribution in [0.4, 0.5) is 16.2 Å². The maximum Gasteiger partial charge on any atom is 0.414 e. The molecule has 1 heterocycles. The first kappa shape index (κ1) is 34.0. The number of carbonyl (C=O) groups excluding carboxylic acids is 2. The Morgan fingerprint density at radius 2 is 1.48 bits per heavy atom. The molecule has 0 bridgehead atoms. The number of carbonyl (C=O) groups is 2. The van der Waals surface area contributed by atoms with E-state index in [9.17, 15) is 22.6 Å². The second kappa shape index (κ2) is 14.2. The first-order valence-corrected chi connectivity index (χ1v) is 16.8. The minimum Gasteiger partial charge on any atom is -0.443 e. The van der Waals surface area contributed by atoms with Crippen molar-refractivity contribution < 1.29 is 27.3 Å². The lowest BCUT2D eigenvalue weighted by molar-refractivity contribution is 0.0580. The molecule has 2 N–H and O–H groups in total. The summed E-state index contributed by atoms with van der Waals surface area (Å²) in [5.41, 5.74) is 5.05. The van der Waals surface area contributed by atoms with Crippen molar-refractivity contribution in [2.45, 2.75) is 44.6 Å². The molecule has 5 rings (SSSR count). The van der Waals surface area contributed by atoms with Gasteiger partial charge in [-0.2, -0.15) is 8.42 Å². The van der Waals surface area contributed by atoms with Crippen molar-refractivity contribution in [3.05, 3.63) is 132 Å². The fraction of sp³-hybridized carbons (Fsp3) is 0.184. The number of nitrogens with one attached hydrogen (secondary N) is 1. The number of amides is 2. The average Bonchev–Trinajstić information content (AvgIpc) is 3.05. The van der Waals surface area contributed by atoms with E-state index in [2.05, 4.69) is 10.3 Å². The molecular weight excluding hydrogens is 626 g/mol. The molecule has 0 radical (unpaired) electrons. The van der Waals surface area contributed by atoms with Gasteiger partial charge in [-0.3, -0.25) is 19.2 Å². The Kier molecular flexibility index (Phi) is 10.1.